The van der Waals surface area contributed by atoms with Gasteiger partial charge in [0.15, 0.2) is 11.9 Å². The maximum atomic E-state index is 12.5. The minimum absolute atomic E-state index is 0.00124. The average molecular weight is 379 g/mol. The van der Waals surface area contributed by atoms with Crippen LogP contribution in [0.15, 0.2) is 60.8 Å². The van der Waals surface area contributed by atoms with Crippen LogP contribution >= 0.6 is 0 Å². The number of nitrogens with zero attached hydrogens (tertiary/aromatic N) is 2. The van der Waals surface area contributed by atoms with E-state index in [2.05, 4.69) is 10.4 Å². The smallest absolute Gasteiger partial charge is 0.363 e. The van der Waals surface area contributed by atoms with Gasteiger partial charge >= 0.3 is 5.97 Å². The van der Waals surface area contributed by atoms with Crippen LogP contribution in [0, 0.1) is 6.92 Å². The van der Waals surface area contributed by atoms with Crippen molar-refractivity contribution in [2.45, 2.75) is 20.0 Å². The molecule has 28 heavy (non-hydrogen) atoms. The van der Waals surface area contributed by atoms with E-state index in [-0.39, 0.29) is 11.4 Å². The Labute approximate surface area is 162 Å². The standard InChI is InChI=1S/C21H21N3O4/c1-14-9-11-16(12-10-14)22-20(25)15(2)28-21(26)19-18(27-3)13-24(23-19)17-7-5-4-6-8-17/h4-13,15H,1-3H3,(H,22,25)/t15-/m1/s1. The fourth-order valence-electron chi connectivity index (χ4n) is 2.51. The van der Waals surface area contributed by atoms with Gasteiger partial charge in [-0.2, -0.15) is 5.10 Å². The first-order valence-electron chi connectivity index (χ1n) is 8.75. The van der Waals surface area contributed by atoms with Gasteiger partial charge in [-0.1, -0.05) is 35.9 Å². The van der Waals surface area contributed by atoms with Crippen molar-refractivity contribution in [3.05, 3.63) is 72.1 Å². The molecule has 1 amide bonds. The van der Waals surface area contributed by atoms with Gasteiger partial charge < -0.3 is 14.8 Å². The third-order valence-corrected chi connectivity index (χ3v) is 4.09. The summed E-state index contributed by atoms with van der Waals surface area (Å²) in [6, 6.07) is 16.6. The largest absolute Gasteiger partial charge is 0.493 e. The topological polar surface area (TPSA) is 82.5 Å². The molecular formula is C21H21N3O4. The molecule has 3 aromatic rings. The molecule has 0 bridgehead atoms. The Balaban J connectivity index is 1.70. The first kappa shape index (κ1) is 19.2. The summed E-state index contributed by atoms with van der Waals surface area (Å²) < 4.78 is 12.0. The van der Waals surface area contributed by atoms with E-state index < -0.39 is 18.0 Å². The minimum Gasteiger partial charge on any atom is -0.493 e. The van der Waals surface area contributed by atoms with Gasteiger partial charge in [0.25, 0.3) is 5.91 Å². The number of anilines is 1. The second-order valence-corrected chi connectivity index (χ2v) is 6.23. The monoisotopic (exact) mass is 379 g/mol. The van der Waals surface area contributed by atoms with E-state index in [0.717, 1.165) is 11.3 Å². The Morgan fingerprint density at radius 2 is 1.75 bits per heavy atom. The van der Waals surface area contributed by atoms with Crippen LogP contribution in [0.5, 0.6) is 5.75 Å². The van der Waals surface area contributed by atoms with Crippen molar-refractivity contribution in [3.8, 4) is 11.4 Å². The third kappa shape index (κ3) is 4.37. The Hall–Kier alpha value is -3.61. The average Bonchev–Trinajstić information content (AvgIpc) is 3.15. The molecule has 0 aliphatic heterocycles. The lowest BCUT2D eigenvalue weighted by molar-refractivity contribution is -0.123. The SMILES string of the molecule is COc1cn(-c2ccccc2)nc1C(=O)O[C@H](C)C(=O)Nc1ccc(C)cc1. The molecule has 7 nitrogen and oxygen atoms in total. The summed E-state index contributed by atoms with van der Waals surface area (Å²) in [5.41, 5.74) is 2.48. The maximum Gasteiger partial charge on any atom is 0.363 e. The quantitative estimate of drug-likeness (QED) is 0.664. The number of aromatic nitrogens is 2. The highest BCUT2D eigenvalue weighted by Gasteiger charge is 2.24. The van der Waals surface area contributed by atoms with Gasteiger partial charge in [-0.3, -0.25) is 4.79 Å². The van der Waals surface area contributed by atoms with Crippen molar-refractivity contribution >= 4 is 17.6 Å². The predicted octanol–water partition coefficient (Wildman–Crippen LogP) is 3.37. The lowest BCUT2D eigenvalue weighted by Gasteiger charge is -2.13. The molecule has 0 saturated carbocycles. The summed E-state index contributed by atoms with van der Waals surface area (Å²) in [4.78, 5) is 24.8. The number of ether oxygens (including phenoxy) is 2. The Morgan fingerprint density at radius 1 is 1.07 bits per heavy atom. The number of carbonyl (C=O) groups is 2. The van der Waals surface area contributed by atoms with Crippen LogP contribution in [0.2, 0.25) is 0 Å². The number of para-hydroxylation sites is 1. The molecule has 0 aliphatic carbocycles. The molecule has 144 valence electrons. The number of benzene rings is 2. The lowest BCUT2D eigenvalue weighted by atomic mass is 10.2. The molecular weight excluding hydrogens is 358 g/mol. The van der Waals surface area contributed by atoms with Gasteiger partial charge in [0.05, 0.1) is 19.0 Å². The van der Waals surface area contributed by atoms with E-state index >= 15 is 0 Å². The molecule has 1 N–H and O–H groups in total. The van der Waals surface area contributed by atoms with Crippen molar-refractivity contribution in [2.24, 2.45) is 0 Å². The van der Waals surface area contributed by atoms with Crippen LogP contribution in [0.3, 0.4) is 0 Å². The van der Waals surface area contributed by atoms with E-state index in [9.17, 15) is 9.59 Å². The Morgan fingerprint density at radius 3 is 2.39 bits per heavy atom. The molecule has 1 heterocycles. The molecule has 1 atom stereocenters. The highest BCUT2D eigenvalue weighted by Crippen LogP contribution is 2.21. The summed E-state index contributed by atoms with van der Waals surface area (Å²) in [5.74, 6) is -0.906. The lowest BCUT2D eigenvalue weighted by Crippen LogP contribution is -2.30. The van der Waals surface area contributed by atoms with Crippen LogP contribution in [-0.2, 0) is 9.53 Å². The highest BCUT2D eigenvalue weighted by atomic mass is 16.6. The van der Waals surface area contributed by atoms with Crippen molar-refractivity contribution in [1.82, 2.24) is 9.78 Å². The molecule has 0 radical (unpaired) electrons. The van der Waals surface area contributed by atoms with Crippen molar-refractivity contribution in [1.29, 1.82) is 0 Å². The number of amides is 1. The Bertz CT molecular complexity index is 965. The maximum absolute atomic E-state index is 12.5. The number of hydrogen-bond donors (Lipinski definition) is 1. The van der Waals surface area contributed by atoms with E-state index in [1.165, 1.54) is 18.7 Å². The van der Waals surface area contributed by atoms with Gasteiger partial charge in [-0.15, -0.1) is 0 Å². The molecule has 7 heteroatoms. The summed E-state index contributed by atoms with van der Waals surface area (Å²) >= 11 is 0. The number of rotatable bonds is 6. The third-order valence-electron chi connectivity index (χ3n) is 4.09. The van der Waals surface area contributed by atoms with E-state index in [4.69, 9.17) is 9.47 Å². The number of hydrogen-bond acceptors (Lipinski definition) is 5. The fourth-order valence-corrected chi connectivity index (χ4v) is 2.51. The van der Waals surface area contributed by atoms with Gasteiger partial charge in [0.2, 0.25) is 5.69 Å². The van der Waals surface area contributed by atoms with Gasteiger partial charge in [-0.25, -0.2) is 9.48 Å². The van der Waals surface area contributed by atoms with Gasteiger partial charge in [-0.05, 0) is 38.1 Å². The van der Waals surface area contributed by atoms with Gasteiger partial charge in [0.1, 0.15) is 0 Å². The fraction of sp³-hybridized carbons (Fsp3) is 0.190. The molecule has 0 saturated heterocycles. The summed E-state index contributed by atoms with van der Waals surface area (Å²) in [6.45, 7) is 3.46. The molecule has 3 rings (SSSR count). The second kappa shape index (κ2) is 8.39. The van der Waals surface area contributed by atoms with Crippen molar-refractivity contribution in [2.75, 3.05) is 12.4 Å². The molecule has 2 aromatic carbocycles. The molecule has 0 fully saturated rings. The van der Waals surface area contributed by atoms with Crippen LogP contribution < -0.4 is 10.1 Å². The number of carbonyl (C=O) groups excluding carboxylic acids is 2. The van der Waals surface area contributed by atoms with Crippen molar-refractivity contribution in [3.63, 3.8) is 0 Å². The first-order valence-corrected chi connectivity index (χ1v) is 8.75. The number of esters is 1. The van der Waals surface area contributed by atoms with Crippen LogP contribution in [0.1, 0.15) is 23.0 Å². The van der Waals surface area contributed by atoms with Crippen molar-refractivity contribution < 1.29 is 19.1 Å². The Kier molecular flexibility index (Phi) is 5.74. The van der Waals surface area contributed by atoms with Crippen LogP contribution in [0.4, 0.5) is 5.69 Å². The summed E-state index contributed by atoms with van der Waals surface area (Å²) in [7, 11) is 1.44. The molecule has 0 unspecified atom stereocenters. The second-order valence-electron chi connectivity index (χ2n) is 6.23. The van der Waals surface area contributed by atoms with E-state index in [1.807, 2.05) is 49.4 Å². The highest BCUT2D eigenvalue weighted by molar-refractivity contribution is 5.97. The summed E-state index contributed by atoms with van der Waals surface area (Å²) in [5, 5.41) is 6.96. The summed E-state index contributed by atoms with van der Waals surface area (Å²) in [6.07, 6.45) is 0.587. The zero-order valence-electron chi connectivity index (χ0n) is 15.9. The van der Waals surface area contributed by atoms with E-state index in [1.54, 1.807) is 18.3 Å². The van der Waals surface area contributed by atoms with Crippen LogP contribution in [-0.4, -0.2) is 34.9 Å². The molecule has 0 aliphatic rings. The van der Waals surface area contributed by atoms with E-state index in [0.29, 0.717) is 5.69 Å². The zero-order valence-corrected chi connectivity index (χ0v) is 15.9. The van der Waals surface area contributed by atoms with Crippen LogP contribution in [0.25, 0.3) is 5.69 Å². The number of aryl methyl sites for hydroxylation is 1. The minimum atomic E-state index is -1.000. The predicted molar refractivity (Wildman–Crippen MR) is 105 cm³/mol. The normalized spacial score (nSPS) is 11.5. The van der Waals surface area contributed by atoms with Gasteiger partial charge in [0, 0.05) is 5.69 Å². The number of nitrogens with one attached hydrogen (secondary N) is 1. The zero-order chi connectivity index (χ0) is 20.1. The molecule has 1 aromatic heterocycles. The molecule has 0 spiro atoms. The number of methoxy groups -OCH3 is 1. The first-order chi connectivity index (χ1) is 13.5.